The molecule has 0 aliphatic carbocycles. The molecule has 1 atom stereocenters. The predicted molar refractivity (Wildman–Crippen MR) is 128 cm³/mol. The molecule has 2 heterocycles. The molecule has 7 nitrogen and oxygen atoms in total. The van der Waals surface area contributed by atoms with Crippen LogP contribution in [0.2, 0.25) is 5.15 Å². The molecular formula is C22H36ClN5O2S. The van der Waals surface area contributed by atoms with Crippen LogP contribution in [0.1, 0.15) is 65.7 Å². The molecule has 174 valence electrons. The van der Waals surface area contributed by atoms with E-state index in [2.05, 4.69) is 34.0 Å². The van der Waals surface area contributed by atoms with Crippen molar-refractivity contribution in [3.05, 3.63) is 11.2 Å². The van der Waals surface area contributed by atoms with Crippen LogP contribution in [0.3, 0.4) is 0 Å². The predicted octanol–water partition coefficient (Wildman–Crippen LogP) is 4.15. The number of nitrogens with zero attached hydrogens (tertiary/aromatic N) is 4. The van der Waals surface area contributed by atoms with Crippen molar-refractivity contribution in [3.8, 4) is 0 Å². The van der Waals surface area contributed by atoms with Gasteiger partial charge in [-0.25, -0.2) is 9.97 Å². The Labute approximate surface area is 195 Å². The molecule has 0 aromatic carbocycles. The maximum atomic E-state index is 12.6. The second kappa shape index (κ2) is 13.8. The fourth-order valence-electron chi connectivity index (χ4n) is 3.62. The van der Waals surface area contributed by atoms with Crippen LogP contribution in [-0.4, -0.2) is 64.7 Å². The van der Waals surface area contributed by atoms with Gasteiger partial charge in [-0.1, -0.05) is 62.9 Å². The summed E-state index contributed by atoms with van der Waals surface area (Å²) >= 11 is 7.50. The van der Waals surface area contributed by atoms with Crippen molar-refractivity contribution in [2.24, 2.45) is 0 Å². The maximum Gasteiger partial charge on any atom is 0.230 e. The lowest BCUT2D eigenvalue weighted by molar-refractivity contribution is -0.133. The number of carbonyl (C=O) groups is 2. The molecule has 1 aliphatic rings. The lowest BCUT2D eigenvalue weighted by atomic mass is 10.1. The molecule has 2 amide bonds. The number of amides is 2. The quantitative estimate of drug-likeness (QED) is 0.214. The number of piperazine rings is 1. The zero-order chi connectivity index (χ0) is 22.6. The van der Waals surface area contributed by atoms with Gasteiger partial charge in [0.15, 0.2) is 5.16 Å². The van der Waals surface area contributed by atoms with Crippen LogP contribution in [0.4, 0.5) is 5.82 Å². The van der Waals surface area contributed by atoms with Gasteiger partial charge in [0.2, 0.25) is 11.8 Å². The first kappa shape index (κ1) is 25.7. The summed E-state index contributed by atoms with van der Waals surface area (Å²) in [5, 5.41) is 3.70. The molecule has 2 rings (SSSR count). The number of hydrogen-bond donors (Lipinski definition) is 1. The Hall–Kier alpha value is -1.54. The highest BCUT2D eigenvalue weighted by molar-refractivity contribution is 7.99. The van der Waals surface area contributed by atoms with Crippen LogP contribution in [0.25, 0.3) is 0 Å². The van der Waals surface area contributed by atoms with Gasteiger partial charge in [0.1, 0.15) is 11.0 Å². The van der Waals surface area contributed by atoms with E-state index in [1.807, 2.05) is 11.8 Å². The van der Waals surface area contributed by atoms with Gasteiger partial charge in [-0.2, -0.15) is 0 Å². The summed E-state index contributed by atoms with van der Waals surface area (Å²) in [6, 6.07) is 1.86. The smallest absolute Gasteiger partial charge is 0.230 e. The number of halogens is 1. The second-order valence-electron chi connectivity index (χ2n) is 8.02. The maximum absolute atomic E-state index is 12.6. The van der Waals surface area contributed by atoms with Gasteiger partial charge in [-0.15, -0.1) is 0 Å². The van der Waals surface area contributed by atoms with Gasteiger partial charge in [0.25, 0.3) is 0 Å². The number of hydrogen-bond acceptors (Lipinski definition) is 6. The van der Waals surface area contributed by atoms with Crippen LogP contribution in [0.15, 0.2) is 11.2 Å². The van der Waals surface area contributed by atoms with Crippen molar-refractivity contribution >= 4 is 41.0 Å². The Kier molecular flexibility index (Phi) is 11.4. The van der Waals surface area contributed by atoms with Crippen LogP contribution in [-0.2, 0) is 9.59 Å². The summed E-state index contributed by atoms with van der Waals surface area (Å²) in [7, 11) is 0. The average Bonchev–Trinajstić information content (AvgIpc) is 2.75. The normalized spacial score (nSPS) is 16.5. The lowest BCUT2D eigenvalue weighted by Crippen LogP contribution is -2.54. The molecule has 1 fully saturated rings. The molecule has 1 N–H and O–H groups in total. The largest absolute Gasteiger partial charge is 0.355 e. The molecule has 1 unspecified atom stereocenters. The van der Waals surface area contributed by atoms with Gasteiger partial charge >= 0.3 is 0 Å². The van der Waals surface area contributed by atoms with Crippen molar-refractivity contribution in [1.82, 2.24) is 20.2 Å². The molecule has 0 spiro atoms. The molecule has 1 aromatic rings. The highest BCUT2D eigenvalue weighted by Gasteiger charge is 2.28. The molecule has 0 saturated carbocycles. The van der Waals surface area contributed by atoms with E-state index < -0.39 is 0 Å². The number of carbonyl (C=O) groups excluding carboxylic acids is 2. The summed E-state index contributed by atoms with van der Waals surface area (Å²) in [5.74, 6) is 1.22. The number of thioether (sulfide) groups is 1. The van der Waals surface area contributed by atoms with Crippen molar-refractivity contribution < 1.29 is 9.59 Å². The summed E-state index contributed by atoms with van der Waals surface area (Å²) in [5.41, 5.74) is 0. The Morgan fingerprint density at radius 1 is 1.16 bits per heavy atom. The molecule has 1 aromatic heterocycles. The zero-order valence-electron chi connectivity index (χ0n) is 19.0. The Balaban J connectivity index is 1.88. The summed E-state index contributed by atoms with van der Waals surface area (Å²) < 4.78 is 0. The first-order valence-electron chi connectivity index (χ1n) is 11.4. The van der Waals surface area contributed by atoms with Crippen molar-refractivity contribution in [2.45, 2.75) is 76.9 Å². The highest BCUT2D eigenvalue weighted by atomic mass is 35.5. The SMILES string of the molecule is CCCCCCCC(=O)N1CCN(c2cc(Cl)nc(SCC(=O)NCCC)n2)CC1C. The van der Waals surface area contributed by atoms with Crippen molar-refractivity contribution in [3.63, 3.8) is 0 Å². The molecular weight excluding hydrogens is 434 g/mol. The minimum absolute atomic E-state index is 0.0348. The van der Waals surface area contributed by atoms with Crippen LogP contribution in [0, 0.1) is 0 Å². The summed E-state index contributed by atoms with van der Waals surface area (Å²) in [6.45, 7) is 9.05. The monoisotopic (exact) mass is 469 g/mol. The van der Waals surface area contributed by atoms with Crippen molar-refractivity contribution in [2.75, 3.05) is 36.8 Å². The minimum atomic E-state index is -0.0348. The van der Waals surface area contributed by atoms with Crippen LogP contribution in [0.5, 0.6) is 0 Å². The van der Waals surface area contributed by atoms with E-state index in [-0.39, 0.29) is 23.6 Å². The van der Waals surface area contributed by atoms with Crippen LogP contribution >= 0.6 is 23.4 Å². The van der Waals surface area contributed by atoms with E-state index in [9.17, 15) is 9.59 Å². The zero-order valence-corrected chi connectivity index (χ0v) is 20.6. The molecule has 0 bridgehead atoms. The third-order valence-electron chi connectivity index (χ3n) is 5.33. The molecule has 0 radical (unpaired) electrons. The molecule has 1 aliphatic heterocycles. The van der Waals surface area contributed by atoms with E-state index in [1.54, 1.807) is 6.07 Å². The summed E-state index contributed by atoms with van der Waals surface area (Å²) in [4.78, 5) is 37.5. The Morgan fingerprint density at radius 3 is 2.65 bits per heavy atom. The fourth-order valence-corrected chi connectivity index (χ4v) is 4.53. The Bertz CT molecular complexity index is 721. The summed E-state index contributed by atoms with van der Waals surface area (Å²) in [6.07, 6.45) is 7.31. The van der Waals surface area contributed by atoms with E-state index in [4.69, 9.17) is 11.6 Å². The first-order valence-corrected chi connectivity index (χ1v) is 12.8. The number of rotatable bonds is 12. The highest BCUT2D eigenvalue weighted by Crippen LogP contribution is 2.24. The number of anilines is 1. The van der Waals surface area contributed by atoms with E-state index in [0.717, 1.165) is 25.1 Å². The average molecular weight is 470 g/mol. The molecule has 9 heteroatoms. The third kappa shape index (κ3) is 8.85. The molecule has 31 heavy (non-hydrogen) atoms. The van der Waals surface area contributed by atoms with Gasteiger partial charge < -0.3 is 15.1 Å². The second-order valence-corrected chi connectivity index (χ2v) is 9.35. The standard InChI is InChI=1S/C22H36ClN5O2S/c1-4-6-7-8-9-10-21(30)28-13-12-27(15-17(28)3)19-14-18(23)25-22(26-19)31-16-20(29)24-11-5-2/h14,17H,4-13,15-16H2,1-3H3,(H,24,29). The van der Waals surface area contributed by atoms with Gasteiger partial charge in [-0.05, 0) is 19.8 Å². The van der Waals surface area contributed by atoms with Crippen molar-refractivity contribution in [1.29, 1.82) is 0 Å². The van der Waals surface area contributed by atoms with Gasteiger partial charge in [-0.3, -0.25) is 9.59 Å². The minimum Gasteiger partial charge on any atom is -0.355 e. The van der Waals surface area contributed by atoms with E-state index >= 15 is 0 Å². The molecule has 1 saturated heterocycles. The van der Waals surface area contributed by atoms with E-state index in [0.29, 0.717) is 42.9 Å². The first-order chi connectivity index (χ1) is 14.9. The van der Waals surface area contributed by atoms with Crippen LogP contribution < -0.4 is 10.2 Å². The lowest BCUT2D eigenvalue weighted by Gasteiger charge is -2.40. The topological polar surface area (TPSA) is 78.4 Å². The van der Waals surface area contributed by atoms with Gasteiger partial charge in [0, 0.05) is 44.7 Å². The number of nitrogens with one attached hydrogen (secondary N) is 1. The number of unbranched alkanes of at least 4 members (excludes halogenated alkanes) is 4. The number of aromatic nitrogens is 2. The Morgan fingerprint density at radius 2 is 1.94 bits per heavy atom. The third-order valence-corrected chi connectivity index (χ3v) is 6.37. The van der Waals surface area contributed by atoms with Gasteiger partial charge in [0.05, 0.1) is 5.75 Å². The van der Waals surface area contributed by atoms with E-state index in [1.165, 1.54) is 31.0 Å². The fraction of sp³-hybridized carbons (Fsp3) is 0.727.